The summed E-state index contributed by atoms with van der Waals surface area (Å²) in [6.07, 6.45) is 0. The van der Waals surface area contributed by atoms with Crippen molar-refractivity contribution in [3.05, 3.63) is 22.4 Å². The van der Waals surface area contributed by atoms with Crippen molar-refractivity contribution in [1.82, 2.24) is 10.9 Å². The van der Waals surface area contributed by atoms with Crippen LogP contribution in [0.4, 0.5) is 0 Å². The number of nitrogens with one attached hydrogen (secondary N) is 2. The third kappa shape index (κ3) is 2.65. The highest BCUT2D eigenvalue weighted by Crippen LogP contribution is 2.29. The number of rotatable bonds is 2. The molecule has 6 heteroatoms. The number of carbonyl (C=O) groups is 2. The minimum absolute atomic E-state index is 0.151. The summed E-state index contributed by atoms with van der Waals surface area (Å²) in [6.45, 7) is 3.53. The molecule has 2 amide bonds. The lowest BCUT2D eigenvalue weighted by atomic mass is 10.2. The van der Waals surface area contributed by atoms with Crippen molar-refractivity contribution in [2.45, 2.75) is 13.8 Å². The summed E-state index contributed by atoms with van der Waals surface area (Å²) in [7, 11) is 0. The number of hydrogen-bond donors (Lipinski definition) is 2. The van der Waals surface area contributed by atoms with Gasteiger partial charge in [0.15, 0.2) is 0 Å². The Hall–Kier alpha value is -1.40. The zero-order valence-electron chi connectivity index (χ0n) is 9.44. The van der Waals surface area contributed by atoms with E-state index in [1.54, 1.807) is 25.2 Å². The fraction of sp³-hybridized carbons (Fsp3) is 0.273. The fourth-order valence-electron chi connectivity index (χ4n) is 1.20. The van der Waals surface area contributed by atoms with Crippen molar-refractivity contribution >= 4 is 43.9 Å². The summed E-state index contributed by atoms with van der Waals surface area (Å²) in [5.41, 5.74) is 4.80. The number of fused-ring (bicyclic) bond motifs is 1. The summed E-state index contributed by atoms with van der Waals surface area (Å²) in [5.74, 6) is -0.619. The second-order valence-corrected chi connectivity index (χ2v) is 5.89. The van der Waals surface area contributed by atoms with Crippen LogP contribution in [0.2, 0.25) is 0 Å². The van der Waals surface area contributed by atoms with Gasteiger partial charge < -0.3 is 0 Å². The van der Waals surface area contributed by atoms with E-state index in [0.717, 1.165) is 9.40 Å². The first kappa shape index (κ1) is 12.1. The summed E-state index contributed by atoms with van der Waals surface area (Å²) >= 11 is 3.02. The first-order chi connectivity index (χ1) is 8.08. The standard InChI is InChI=1S/C11H12N2O2S2/c1-6(2)10(14)12-13-11(15)9-5-8-7(17-9)3-4-16-8/h3-6H,1-2H3,(H,12,14)(H,13,15). The molecule has 4 nitrogen and oxygen atoms in total. The van der Waals surface area contributed by atoms with Gasteiger partial charge in [0.05, 0.1) is 4.88 Å². The van der Waals surface area contributed by atoms with Gasteiger partial charge in [0.25, 0.3) is 5.91 Å². The van der Waals surface area contributed by atoms with Crippen molar-refractivity contribution < 1.29 is 9.59 Å². The number of hydrazine groups is 1. The molecular formula is C11H12N2O2S2. The maximum Gasteiger partial charge on any atom is 0.279 e. The molecule has 0 unspecified atom stereocenters. The zero-order chi connectivity index (χ0) is 12.4. The van der Waals surface area contributed by atoms with Crippen LogP contribution in [-0.2, 0) is 4.79 Å². The van der Waals surface area contributed by atoms with Gasteiger partial charge in [-0.15, -0.1) is 22.7 Å². The number of thiophene rings is 2. The third-order valence-electron chi connectivity index (χ3n) is 2.19. The molecule has 0 bridgehead atoms. The normalized spacial score (nSPS) is 10.8. The van der Waals surface area contributed by atoms with Gasteiger partial charge in [0.2, 0.25) is 5.91 Å². The van der Waals surface area contributed by atoms with E-state index >= 15 is 0 Å². The Morgan fingerprint density at radius 1 is 1.24 bits per heavy atom. The average Bonchev–Trinajstić information content (AvgIpc) is 2.84. The summed E-state index contributed by atoms with van der Waals surface area (Å²) in [6, 6.07) is 3.82. The van der Waals surface area contributed by atoms with Gasteiger partial charge >= 0.3 is 0 Å². The molecule has 2 aromatic heterocycles. The summed E-state index contributed by atoms with van der Waals surface area (Å²) in [5, 5.41) is 1.99. The molecule has 0 aromatic carbocycles. The molecule has 0 spiro atoms. The Morgan fingerprint density at radius 2 is 2.00 bits per heavy atom. The first-order valence-corrected chi connectivity index (χ1v) is 6.85. The second-order valence-electron chi connectivity index (χ2n) is 3.86. The van der Waals surface area contributed by atoms with Crippen LogP contribution in [0.5, 0.6) is 0 Å². The molecule has 0 aliphatic carbocycles. The molecule has 0 saturated carbocycles. The van der Waals surface area contributed by atoms with Gasteiger partial charge in [0.1, 0.15) is 0 Å². The number of amides is 2. The van der Waals surface area contributed by atoms with Crippen LogP contribution < -0.4 is 10.9 Å². The molecule has 0 aliphatic heterocycles. The molecule has 2 N–H and O–H groups in total. The molecule has 0 saturated heterocycles. The zero-order valence-corrected chi connectivity index (χ0v) is 11.1. The molecule has 2 aromatic rings. The molecular weight excluding hydrogens is 256 g/mol. The van der Waals surface area contributed by atoms with Gasteiger partial charge in [0, 0.05) is 15.3 Å². The van der Waals surface area contributed by atoms with E-state index in [4.69, 9.17) is 0 Å². The van der Waals surface area contributed by atoms with Crippen LogP contribution >= 0.6 is 22.7 Å². The average molecular weight is 268 g/mol. The molecule has 0 aliphatic rings. The Labute approximate surface area is 107 Å². The maximum absolute atomic E-state index is 11.7. The lowest BCUT2D eigenvalue weighted by Crippen LogP contribution is -2.43. The lowest BCUT2D eigenvalue weighted by molar-refractivity contribution is -0.124. The predicted octanol–water partition coefficient (Wildman–Crippen LogP) is 2.38. The topological polar surface area (TPSA) is 58.2 Å². The quantitative estimate of drug-likeness (QED) is 0.822. The van der Waals surface area contributed by atoms with Crippen LogP contribution in [0.3, 0.4) is 0 Å². The second kappa shape index (κ2) is 4.85. The number of carbonyl (C=O) groups excluding carboxylic acids is 2. The SMILES string of the molecule is CC(C)C(=O)NNC(=O)c1cc2sccc2s1. The Kier molecular flexibility index (Phi) is 3.44. The van der Waals surface area contributed by atoms with Crippen LogP contribution in [-0.4, -0.2) is 11.8 Å². The molecule has 2 rings (SSSR count). The van der Waals surface area contributed by atoms with Gasteiger partial charge in [-0.25, -0.2) is 0 Å². The van der Waals surface area contributed by atoms with Crippen molar-refractivity contribution in [3.8, 4) is 0 Å². The summed E-state index contributed by atoms with van der Waals surface area (Å²) < 4.78 is 2.19. The Balaban J connectivity index is 2.01. The van der Waals surface area contributed by atoms with Crippen molar-refractivity contribution in [3.63, 3.8) is 0 Å². The van der Waals surface area contributed by atoms with Crippen molar-refractivity contribution in [1.29, 1.82) is 0 Å². The Morgan fingerprint density at radius 3 is 2.65 bits per heavy atom. The lowest BCUT2D eigenvalue weighted by Gasteiger charge is -2.07. The van der Waals surface area contributed by atoms with E-state index in [9.17, 15) is 9.59 Å². The minimum atomic E-state index is -0.271. The van der Waals surface area contributed by atoms with E-state index in [1.807, 2.05) is 17.5 Å². The fourth-order valence-corrected chi connectivity index (χ4v) is 3.21. The molecule has 17 heavy (non-hydrogen) atoms. The van der Waals surface area contributed by atoms with Gasteiger partial charge in [-0.05, 0) is 17.5 Å². The Bertz CT molecular complexity index is 528. The first-order valence-electron chi connectivity index (χ1n) is 5.15. The largest absolute Gasteiger partial charge is 0.279 e. The maximum atomic E-state index is 11.7. The third-order valence-corrected chi connectivity index (χ3v) is 4.28. The van der Waals surface area contributed by atoms with Crippen LogP contribution in [0.1, 0.15) is 23.5 Å². The van der Waals surface area contributed by atoms with E-state index < -0.39 is 0 Å². The van der Waals surface area contributed by atoms with Crippen molar-refractivity contribution in [2.24, 2.45) is 5.92 Å². The van der Waals surface area contributed by atoms with E-state index in [0.29, 0.717) is 4.88 Å². The molecule has 90 valence electrons. The van der Waals surface area contributed by atoms with E-state index in [2.05, 4.69) is 10.9 Å². The van der Waals surface area contributed by atoms with Gasteiger partial charge in [-0.1, -0.05) is 13.8 Å². The minimum Gasteiger partial charge on any atom is -0.273 e. The molecule has 0 fully saturated rings. The smallest absolute Gasteiger partial charge is 0.273 e. The van der Waals surface area contributed by atoms with Crippen LogP contribution in [0, 0.1) is 5.92 Å². The molecule has 0 radical (unpaired) electrons. The highest BCUT2D eigenvalue weighted by Gasteiger charge is 2.12. The van der Waals surface area contributed by atoms with Crippen LogP contribution in [0.25, 0.3) is 9.40 Å². The highest BCUT2D eigenvalue weighted by atomic mass is 32.1. The van der Waals surface area contributed by atoms with Crippen LogP contribution in [0.15, 0.2) is 17.5 Å². The monoisotopic (exact) mass is 268 g/mol. The van der Waals surface area contributed by atoms with Gasteiger partial charge in [-0.3, -0.25) is 20.4 Å². The highest BCUT2D eigenvalue weighted by molar-refractivity contribution is 7.27. The van der Waals surface area contributed by atoms with E-state index in [-0.39, 0.29) is 17.7 Å². The predicted molar refractivity (Wildman–Crippen MR) is 70.1 cm³/mol. The number of hydrogen-bond acceptors (Lipinski definition) is 4. The summed E-state index contributed by atoms with van der Waals surface area (Å²) in [4.78, 5) is 23.6. The molecule has 2 heterocycles. The van der Waals surface area contributed by atoms with E-state index in [1.165, 1.54) is 11.3 Å². The van der Waals surface area contributed by atoms with Gasteiger partial charge in [-0.2, -0.15) is 0 Å². The molecule has 0 atom stereocenters. The van der Waals surface area contributed by atoms with Crippen molar-refractivity contribution in [2.75, 3.05) is 0 Å².